The van der Waals surface area contributed by atoms with Gasteiger partial charge in [0, 0.05) is 17.0 Å². The molecule has 0 radical (unpaired) electrons. The smallest absolute Gasteiger partial charge is 0.354 e. The highest BCUT2D eigenvalue weighted by atomic mass is 16.5. The van der Waals surface area contributed by atoms with Crippen LogP contribution in [0.15, 0.2) is 59.4 Å². The lowest BCUT2D eigenvalue weighted by molar-refractivity contribution is 0.0594. The van der Waals surface area contributed by atoms with E-state index in [1.54, 1.807) is 6.07 Å². The van der Waals surface area contributed by atoms with Crippen molar-refractivity contribution < 1.29 is 9.53 Å². The normalized spacial score (nSPS) is 10.5. The molecule has 0 aliphatic carbocycles. The second-order valence-electron chi connectivity index (χ2n) is 4.63. The number of para-hydroxylation sites is 1. The number of ether oxygens (including phenoxy) is 1. The number of H-pyrrole nitrogens is 1. The topological polar surface area (TPSA) is 59.2 Å². The van der Waals surface area contributed by atoms with Crippen LogP contribution in [0.1, 0.15) is 10.5 Å². The van der Waals surface area contributed by atoms with E-state index in [9.17, 15) is 9.59 Å². The molecule has 4 heteroatoms. The number of hydrogen-bond donors (Lipinski definition) is 1. The van der Waals surface area contributed by atoms with Gasteiger partial charge in [0.2, 0.25) is 0 Å². The minimum absolute atomic E-state index is 0.151. The molecule has 2 aromatic carbocycles. The van der Waals surface area contributed by atoms with Gasteiger partial charge in [-0.2, -0.15) is 0 Å². The molecule has 3 aromatic rings. The number of pyridine rings is 1. The zero-order chi connectivity index (χ0) is 14.8. The van der Waals surface area contributed by atoms with Gasteiger partial charge in [0.25, 0.3) is 0 Å². The Morgan fingerprint density at radius 1 is 1.05 bits per heavy atom. The van der Waals surface area contributed by atoms with Crippen molar-refractivity contribution in [2.45, 2.75) is 0 Å². The van der Waals surface area contributed by atoms with Crippen LogP contribution < -0.4 is 5.43 Å². The van der Waals surface area contributed by atoms with E-state index >= 15 is 0 Å². The van der Waals surface area contributed by atoms with E-state index in [-0.39, 0.29) is 11.1 Å². The molecule has 0 unspecified atom stereocenters. The third-order valence-electron chi connectivity index (χ3n) is 3.36. The van der Waals surface area contributed by atoms with E-state index in [1.165, 1.54) is 13.2 Å². The molecular weight excluding hydrogens is 266 g/mol. The summed E-state index contributed by atoms with van der Waals surface area (Å²) in [5.41, 5.74) is 2.42. The maximum absolute atomic E-state index is 12.2. The zero-order valence-electron chi connectivity index (χ0n) is 11.4. The standard InChI is InChI=1S/C17H13NO3/c1-21-17(20)14-10-15(19)13-9-5-8-12(16(13)18-14)11-6-3-2-4-7-11/h2-10H,1H3,(H,18,19). The van der Waals surface area contributed by atoms with Gasteiger partial charge in [-0.05, 0) is 11.6 Å². The first kappa shape index (κ1) is 13.1. The molecule has 0 saturated heterocycles. The lowest BCUT2D eigenvalue weighted by atomic mass is 10.0. The van der Waals surface area contributed by atoms with Crippen LogP contribution in [0, 0.1) is 0 Å². The van der Waals surface area contributed by atoms with Gasteiger partial charge in [0.1, 0.15) is 5.69 Å². The molecule has 4 nitrogen and oxygen atoms in total. The molecule has 0 aliphatic heterocycles. The highest BCUT2D eigenvalue weighted by molar-refractivity contribution is 5.97. The molecule has 0 spiro atoms. The van der Waals surface area contributed by atoms with Gasteiger partial charge in [-0.1, -0.05) is 42.5 Å². The van der Waals surface area contributed by atoms with E-state index in [1.807, 2.05) is 42.5 Å². The van der Waals surface area contributed by atoms with Gasteiger partial charge in [0.05, 0.1) is 12.6 Å². The maximum Gasteiger partial charge on any atom is 0.354 e. The predicted octanol–water partition coefficient (Wildman–Crippen LogP) is 2.98. The number of rotatable bonds is 2. The lowest BCUT2D eigenvalue weighted by Crippen LogP contribution is -2.11. The summed E-state index contributed by atoms with van der Waals surface area (Å²) in [5, 5.41) is 0.545. The fourth-order valence-electron chi connectivity index (χ4n) is 2.35. The minimum Gasteiger partial charge on any atom is -0.464 e. The fraction of sp³-hybridized carbons (Fsp3) is 0.0588. The van der Waals surface area contributed by atoms with Crippen LogP contribution in [-0.4, -0.2) is 18.1 Å². The van der Waals surface area contributed by atoms with E-state index in [0.717, 1.165) is 11.1 Å². The summed E-state index contributed by atoms with van der Waals surface area (Å²) in [7, 11) is 1.29. The maximum atomic E-state index is 12.2. The van der Waals surface area contributed by atoms with Gasteiger partial charge in [0.15, 0.2) is 5.43 Å². The van der Waals surface area contributed by atoms with E-state index < -0.39 is 5.97 Å². The van der Waals surface area contributed by atoms with Crippen LogP contribution in [0.3, 0.4) is 0 Å². The average Bonchev–Trinajstić information content (AvgIpc) is 2.54. The fourth-order valence-corrected chi connectivity index (χ4v) is 2.35. The molecule has 21 heavy (non-hydrogen) atoms. The Morgan fingerprint density at radius 2 is 1.81 bits per heavy atom. The number of methoxy groups -OCH3 is 1. The van der Waals surface area contributed by atoms with Crippen molar-refractivity contribution in [3.63, 3.8) is 0 Å². The summed E-state index contributed by atoms with van der Waals surface area (Å²) < 4.78 is 4.68. The quantitative estimate of drug-likeness (QED) is 0.734. The summed E-state index contributed by atoms with van der Waals surface area (Å²) in [5.74, 6) is -0.558. The van der Waals surface area contributed by atoms with Gasteiger partial charge in [-0.15, -0.1) is 0 Å². The molecule has 104 valence electrons. The largest absolute Gasteiger partial charge is 0.464 e. The minimum atomic E-state index is -0.558. The molecular formula is C17H13NO3. The summed E-state index contributed by atoms with van der Waals surface area (Å²) in [6.07, 6.45) is 0. The zero-order valence-corrected chi connectivity index (χ0v) is 11.4. The Morgan fingerprint density at radius 3 is 2.52 bits per heavy atom. The van der Waals surface area contributed by atoms with Crippen LogP contribution >= 0.6 is 0 Å². The van der Waals surface area contributed by atoms with Crippen molar-refractivity contribution in [3.05, 3.63) is 70.5 Å². The number of aromatic amines is 1. The highest BCUT2D eigenvalue weighted by Crippen LogP contribution is 2.25. The number of carbonyl (C=O) groups excluding carboxylic acids is 1. The summed E-state index contributed by atoms with van der Waals surface area (Å²) in [4.78, 5) is 26.9. The molecule has 0 amide bonds. The Hall–Kier alpha value is -2.88. The Labute approximate surface area is 121 Å². The number of fused-ring (bicyclic) bond motifs is 1. The average molecular weight is 279 g/mol. The highest BCUT2D eigenvalue weighted by Gasteiger charge is 2.12. The van der Waals surface area contributed by atoms with E-state index in [0.29, 0.717) is 10.9 Å². The predicted molar refractivity (Wildman–Crippen MR) is 81.3 cm³/mol. The molecule has 1 N–H and O–H groups in total. The number of hydrogen-bond acceptors (Lipinski definition) is 3. The Bertz CT molecular complexity index is 866. The number of esters is 1. The molecule has 0 saturated carbocycles. The molecule has 3 rings (SSSR count). The Kier molecular flexibility index (Phi) is 3.28. The molecule has 1 heterocycles. The van der Waals surface area contributed by atoms with Gasteiger partial charge >= 0.3 is 5.97 Å². The number of carbonyl (C=O) groups is 1. The number of aromatic nitrogens is 1. The van der Waals surface area contributed by atoms with Crippen LogP contribution in [0.4, 0.5) is 0 Å². The lowest BCUT2D eigenvalue weighted by Gasteiger charge is -2.08. The molecule has 0 fully saturated rings. The Balaban J connectivity index is 2.34. The second-order valence-corrected chi connectivity index (χ2v) is 4.63. The summed E-state index contributed by atoms with van der Waals surface area (Å²) in [6, 6.07) is 16.4. The molecule has 1 aromatic heterocycles. The van der Waals surface area contributed by atoms with Gasteiger partial charge < -0.3 is 9.72 Å². The summed E-state index contributed by atoms with van der Waals surface area (Å²) >= 11 is 0. The van der Waals surface area contributed by atoms with Gasteiger partial charge in [-0.25, -0.2) is 4.79 Å². The molecule has 0 atom stereocenters. The van der Waals surface area contributed by atoms with Crippen LogP contribution in [0.2, 0.25) is 0 Å². The van der Waals surface area contributed by atoms with E-state index in [2.05, 4.69) is 9.72 Å². The number of nitrogens with one attached hydrogen (secondary N) is 1. The SMILES string of the molecule is COC(=O)c1cc(=O)c2cccc(-c3ccccc3)c2[nH]1. The third-order valence-corrected chi connectivity index (χ3v) is 3.36. The second kappa shape index (κ2) is 5.25. The molecule has 0 bridgehead atoms. The van der Waals surface area contributed by atoms with Crippen LogP contribution in [-0.2, 0) is 4.74 Å². The van der Waals surface area contributed by atoms with Gasteiger partial charge in [-0.3, -0.25) is 4.79 Å². The van der Waals surface area contributed by atoms with Crippen LogP contribution in [0.25, 0.3) is 22.0 Å². The monoisotopic (exact) mass is 279 g/mol. The third kappa shape index (κ3) is 2.31. The van der Waals surface area contributed by atoms with Crippen molar-refractivity contribution in [1.29, 1.82) is 0 Å². The summed E-state index contributed by atoms with van der Waals surface area (Å²) in [6.45, 7) is 0. The van der Waals surface area contributed by atoms with Crippen molar-refractivity contribution in [2.24, 2.45) is 0 Å². The first-order valence-electron chi connectivity index (χ1n) is 6.50. The van der Waals surface area contributed by atoms with E-state index in [4.69, 9.17) is 0 Å². The number of benzene rings is 2. The first-order chi connectivity index (χ1) is 10.2. The van der Waals surface area contributed by atoms with Crippen molar-refractivity contribution >= 4 is 16.9 Å². The molecule has 0 aliphatic rings. The van der Waals surface area contributed by atoms with Crippen molar-refractivity contribution in [1.82, 2.24) is 4.98 Å². The van der Waals surface area contributed by atoms with Crippen molar-refractivity contribution in [3.8, 4) is 11.1 Å². The van der Waals surface area contributed by atoms with Crippen molar-refractivity contribution in [2.75, 3.05) is 7.11 Å². The first-order valence-corrected chi connectivity index (χ1v) is 6.50. The van der Waals surface area contributed by atoms with Crippen LogP contribution in [0.5, 0.6) is 0 Å².